The third kappa shape index (κ3) is 2.08. The van der Waals surface area contributed by atoms with Crippen LogP contribution >= 0.6 is 0 Å². The summed E-state index contributed by atoms with van der Waals surface area (Å²) >= 11 is 0. The third-order valence-electron chi connectivity index (χ3n) is 3.46. The molecule has 0 atom stereocenters. The molecule has 0 amide bonds. The van der Waals surface area contributed by atoms with Crippen LogP contribution in [0.4, 0.5) is 13.2 Å². The second-order valence-corrected chi connectivity index (χ2v) is 4.67. The summed E-state index contributed by atoms with van der Waals surface area (Å²) < 4.78 is 41.8. The number of hydrogen-bond donors (Lipinski definition) is 1. The molecule has 2 aromatic carbocycles. The number of aliphatic hydroxyl groups is 1. The SMILES string of the molecule is Cn1c(CO)nc2ccc(-c3ccc(F)c(F)c3F)cc21. The lowest BCUT2D eigenvalue weighted by atomic mass is 10.0. The Morgan fingerprint density at radius 3 is 2.57 bits per heavy atom. The molecular weight excluding hydrogens is 281 g/mol. The molecule has 0 saturated carbocycles. The quantitative estimate of drug-likeness (QED) is 0.737. The van der Waals surface area contributed by atoms with Gasteiger partial charge in [-0.25, -0.2) is 18.2 Å². The van der Waals surface area contributed by atoms with E-state index in [9.17, 15) is 18.3 Å². The molecule has 0 fully saturated rings. The molecule has 3 aromatic rings. The zero-order chi connectivity index (χ0) is 15.1. The van der Waals surface area contributed by atoms with Gasteiger partial charge in [-0.15, -0.1) is 0 Å². The van der Waals surface area contributed by atoms with Crippen LogP contribution in [0.2, 0.25) is 0 Å². The summed E-state index contributed by atoms with van der Waals surface area (Å²) in [6, 6.07) is 6.92. The van der Waals surface area contributed by atoms with Crippen LogP contribution in [0.15, 0.2) is 30.3 Å². The second-order valence-electron chi connectivity index (χ2n) is 4.67. The van der Waals surface area contributed by atoms with Crippen molar-refractivity contribution in [2.45, 2.75) is 6.61 Å². The fourth-order valence-electron chi connectivity index (χ4n) is 2.30. The predicted octanol–water partition coefficient (Wildman–Crippen LogP) is 3.15. The lowest BCUT2D eigenvalue weighted by molar-refractivity contribution is 0.268. The van der Waals surface area contributed by atoms with E-state index in [2.05, 4.69) is 4.98 Å². The largest absolute Gasteiger partial charge is 0.388 e. The van der Waals surface area contributed by atoms with Crippen LogP contribution in [0.5, 0.6) is 0 Å². The monoisotopic (exact) mass is 292 g/mol. The maximum absolute atomic E-state index is 13.8. The second kappa shape index (κ2) is 4.89. The van der Waals surface area contributed by atoms with Crippen molar-refractivity contribution in [2.24, 2.45) is 7.05 Å². The van der Waals surface area contributed by atoms with Gasteiger partial charge in [-0.2, -0.15) is 0 Å². The van der Waals surface area contributed by atoms with E-state index >= 15 is 0 Å². The molecule has 1 N–H and O–H groups in total. The van der Waals surface area contributed by atoms with Crippen molar-refractivity contribution in [3.05, 3.63) is 53.6 Å². The van der Waals surface area contributed by atoms with E-state index in [1.807, 2.05) is 0 Å². The first kappa shape index (κ1) is 13.6. The first-order valence-electron chi connectivity index (χ1n) is 6.23. The van der Waals surface area contributed by atoms with Gasteiger partial charge in [0.05, 0.1) is 11.0 Å². The van der Waals surface area contributed by atoms with Gasteiger partial charge >= 0.3 is 0 Å². The first-order chi connectivity index (χ1) is 10.0. The van der Waals surface area contributed by atoms with E-state index < -0.39 is 17.5 Å². The van der Waals surface area contributed by atoms with Gasteiger partial charge in [-0.1, -0.05) is 6.07 Å². The molecule has 1 heterocycles. The molecular formula is C15H11F3N2O. The van der Waals surface area contributed by atoms with Gasteiger partial charge in [-0.3, -0.25) is 0 Å². The maximum Gasteiger partial charge on any atom is 0.195 e. The van der Waals surface area contributed by atoms with Crippen LogP contribution in [0.3, 0.4) is 0 Å². The average Bonchev–Trinajstić information content (AvgIpc) is 2.81. The molecule has 0 unspecified atom stereocenters. The van der Waals surface area contributed by atoms with Crippen molar-refractivity contribution < 1.29 is 18.3 Å². The molecule has 0 aliphatic carbocycles. The first-order valence-corrected chi connectivity index (χ1v) is 6.23. The minimum Gasteiger partial charge on any atom is -0.388 e. The van der Waals surface area contributed by atoms with Crippen LogP contribution in [0, 0.1) is 17.5 Å². The minimum atomic E-state index is -1.49. The summed E-state index contributed by atoms with van der Waals surface area (Å²) in [6.45, 7) is -0.222. The summed E-state index contributed by atoms with van der Waals surface area (Å²) in [7, 11) is 1.71. The van der Waals surface area contributed by atoms with E-state index in [1.165, 1.54) is 6.07 Å². The van der Waals surface area contributed by atoms with Crippen molar-refractivity contribution in [1.29, 1.82) is 0 Å². The van der Waals surface area contributed by atoms with E-state index in [1.54, 1.807) is 29.8 Å². The summed E-state index contributed by atoms with van der Waals surface area (Å²) in [5.41, 5.74) is 1.68. The van der Waals surface area contributed by atoms with Gasteiger partial charge in [0.2, 0.25) is 0 Å². The number of rotatable bonds is 2. The fraction of sp³-hybridized carbons (Fsp3) is 0.133. The zero-order valence-corrected chi connectivity index (χ0v) is 11.1. The summed E-state index contributed by atoms with van der Waals surface area (Å²) in [5, 5.41) is 9.18. The number of fused-ring (bicyclic) bond motifs is 1. The Bertz CT molecular complexity index is 843. The van der Waals surface area contributed by atoms with E-state index in [4.69, 9.17) is 0 Å². The van der Waals surface area contributed by atoms with E-state index in [0.717, 1.165) is 6.07 Å². The zero-order valence-electron chi connectivity index (χ0n) is 11.1. The van der Waals surface area contributed by atoms with Crippen molar-refractivity contribution in [3.63, 3.8) is 0 Å². The Morgan fingerprint density at radius 2 is 1.86 bits per heavy atom. The third-order valence-corrected chi connectivity index (χ3v) is 3.46. The molecule has 21 heavy (non-hydrogen) atoms. The Balaban J connectivity index is 2.22. The fourth-order valence-corrected chi connectivity index (χ4v) is 2.30. The summed E-state index contributed by atoms with van der Waals surface area (Å²) in [4.78, 5) is 4.20. The molecule has 0 spiro atoms. The van der Waals surface area contributed by atoms with Crippen molar-refractivity contribution in [3.8, 4) is 11.1 Å². The van der Waals surface area contributed by atoms with Crippen LogP contribution in [-0.4, -0.2) is 14.7 Å². The topological polar surface area (TPSA) is 38.0 Å². The Kier molecular flexibility index (Phi) is 3.17. The van der Waals surface area contributed by atoms with E-state index in [0.29, 0.717) is 22.4 Å². The summed E-state index contributed by atoms with van der Waals surface area (Å²) in [6.07, 6.45) is 0. The minimum absolute atomic E-state index is 0.0254. The Labute approximate surface area is 118 Å². The Morgan fingerprint density at radius 1 is 1.10 bits per heavy atom. The highest BCUT2D eigenvalue weighted by Crippen LogP contribution is 2.28. The van der Waals surface area contributed by atoms with Crippen molar-refractivity contribution in [1.82, 2.24) is 9.55 Å². The smallest absolute Gasteiger partial charge is 0.195 e. The molecule has 0 saturated heterocycles. The Hall–Kier alpha value is -2.34. The molecule has 0 bridgehead atoms. The number of nitrogens with zero attached hydrogens (tertiary/aromatic N) is 2. The molecule has 108 valence electrons. The number of aromatic nitrogens is 2. The normalized spacial score (nSPS) is 11.3. The van der Waals surface area contributed by atoms with Gasteiger partial charge in [0, 0.05) is 12.6 Å². The van der Waals surface area contributed by atoms with Crippen LogP contribution in [-0.2, 0) is 13.7 Å². The van der Waals surface area contributed by atoms with Gasteiger partial charge in [0.1, 0.15) is 12.4 Å². The number of benzene rings is 2. The molecule has 0 aliphatic heterocycles. The standard InChI is InChI=1S/C15H11F3N2O/c1-20-12-6-8(2-5-11(12)19-13(20)7-21)9-3-4-10(16)15(18)14(9)17/h2-6,21H,7H2,1H3. The van der Waals surface area contributed by atoms with Crippen molar-refractivity contribution >= 4 is 11.0 Å². The van der Waals surface area contributed by atoms with Gasteiger partial charge in [-0.05, 0) is 29.8 Å². The molecule has 1 aromatic heterocycles. The highest BCUT2D eigenvalue weighted by atomic mass is 19.2. The van der Waals surface area contributed by atoms with E-state index in [-0.39, 0.29) is 12.2 Å². The molecule has 3 nitrogen and oxygen atoms in total. The van der Waals surface area contributed by atoms with Crippen LogP contribution in [0.1, 0.15) is 5.82 Å². The number of hydrogen-bond acceptors (Lipinski definition) is 2. The van der Waals surface area contributed by atoms with Crippen molar-refractivity contribution in [2.75, 3.05) is 0 Å². The molecule has 3 rings (SSSR count). The molecule has 6 heteroatoms. The number of imidazole rings is 1. The van der Waals surface area contributed by atoms with Gasteiger partial charge in [0.25, 0.3) is 0 Å². The van der Waals surface area contributed by atoms with Crippen LogP contribution < -0.4 is 0 Å². The van der Waals surface area contributed by atoms with Gasteiger partial charge in [0.15, 0.2) is 17.5 Å². The highest BCUT2D eigenvalue weighted by molar-refractivity contribution is 5.82. The molecule has 0 aliphatic rings. The number of halogens is 3. The average molecular weight is 292 g/mol. The number of aliphatic hydroxyl groups excluding tert-OH is 1. The highest BCUT2D eigenvalue weighted by Gasteiger charge is 2.16. The summed E-state index contributed by atoms with van der Waals surface area (Å²) in [5.74, 6) is -3.47. The lowest BCUT2D eigenvalue weighted by Gasteiger charge is -2.06. The molecule has 0 radical (unpaired) electrons. The van der Waals surface area contributed by atoms with Gasteiger partial charge < -0.3 is 9.67 Å². The maximum atomic E-state index is 13.8. The predicted molar refractivity (Wildman–Crippen MR) is 71.9 cm³/mol. The lowest BCUT2D eigenvalue weighted by Crippen LogP contribution is -1.97. The van der Waals surface area contributed by atoms with Crippen LogP contribution in [0.25, 0.3) is 22.2 Å². The number of aryl methyl sites for hydroxylation is 1.